The van der Waals surface area contributed by atoms with Crippen LogP contribution in [-0.2, 0) is 17.8 Å². The Morgan fingerprint density at radius 1 is 1.14 bits per heavy atom. The molecule has 0 saturated heterocycles. The molecule has 0 bridgehead atoms. The molecular weight excluding hydrogens is 386 g/mol. The van der Waals surface area contributed by atoms with Crippen LogP contribution >= 0.6 is 11.6 Å². The molecule has 152 valence electrons. The maximum Gasteiger partial charge on any atom is 0.220 e. The maximum atomic E-state index is 12.1. The van der Waals surface area contributed by atoms with Crippen LogP contribution in [0.15, 0.2) is 65.2 Å². The van der Waals surface area contributed by atoms with Gasteiger partial charge in [0.1, 0.15) is 0 Å². The molecule has 0 aliphatic heterocycles. The zero-order chi connectivity index (χ0) is 20.5. The van der Waals surface area contributed by atoms with E-state index in [-0.39, 0.29) is 5.91 Å². The third kappa shape index (κ3) is 6.73. The average molecular weight is 412 g/mol. The average Bonchev–Trinajstić information content (AvgIpc) is 3.19. The number of nitrogens with one attached hydrogen (secondary N) is 1. The van der Waals surface area contributed by atoms with Gasteiger partial charge in [-0.25, -0.2) is 4.98 Å². The number of benzene rings is 2. The molecule has 1 aromatic heterocycles. The first-order chi connectivity index (χ1) is 14.1. The number of halogens is 1. The predicted molar refractivity (Wildman–Crippen MR) is 116 cm³/mol. The summed E-state index contributed by atoms with van der Waals surface area (Å²) in [7, 11) is 2.09. The highest BCUT2D eigenvalue weighted by atomic mass is 35.5. The first-order valence-electron chi connectivity index (χ1n) is 9.80. The Hall–Kier alpha value is -2.63. The van der Waals surface area contributed by atoms with Crippen LogP contribution in [0, 0.1) is 0 Å². The van der Waals surface area contributed by atoms with Crippen LogP contribution in [0.25, 0.3) is 11.3 Å². The van der Waals surface area contributed by atoms with E-state index < -0.39 is 0 Å². The molecule has 1 N–H and O–H groups in total. The largest absolute Gasteiger partial charge is 0.441 e. The van der Waals surface area contributed by atoms with Gasteiger partial charge < -0.3 is 14.6 Å². The van der Waals surface area contributed by atoms with Crippen LogP contribution in [0.2, 0.25) is 5.02 Å². The molecule has 0 aliphatic carbocycles. The molecule has 1 amide bonds. The molecule has 1 heterocycles. The molecule has 2 aromatic carbocycles. The summed E-state index contributed by atoms with van der Waals surface area (Å²) < 4.78 is 5.73. The van der Waals surface area contributed by atoms with E-state index in [4.69, 9.17) is 16.0 Å². The van der Waals surface area contributed by atoms with E-state index in [0.717, 1.165) is 25.1 Å². The topological polar surface area (TPSA) is 58.4 Å². The second kappa shape index (κ2) is 10.8. The minimum atomic E-state index is 0.00760. The van der Waals surface area contributed by atoms with Crippen molar-refractivity contribution in [2.24, 2.45) is 0 Å². The summed E-state index contributed by atoms with van der Waals surface area (Å²) >= 11 is 6.18. The van der Waals surface area contributed by atoms with Crippen LogP contribution in [0.4, 0.5) is 0 Å². The van der Waals surface area contributed by atoms with Crippen molar-refractivity contribution in [3.8, 4) is 11.3 Å². The molecule has 6 heteroatoms. The fourth-order valence-corrected chi connectivity index (χ4v) is 3.30. The standard InChI is InChI=1S/C23H26ClN3O2/c1-27(17-18-8-3-2-4-9-18)15-7-14-25-22(28)12-13-23-26-16-21(29-23)19-10-5-6-11-20(19)24/h2-6,8-11,16H,7,12-15,17H2,1H3,(H,25,28). The van der Waals surface area contributed by atoms with Crippen LogP contribution in [0.5, 0.6) is 0 Å². The van der Waals surface area contributed by atoms with Gasteiger partial charge >= 0.3 is 0 Å². The highest BCUT2D eigenvalue weighted by Crippen LogP contribution is 2.28. The molecule has 5 nitrogen and oxygen atoms in total. The number of hydrogen-bond donors (Lipinski definition) is 1. The number of aromatic nitrogens is 1. The van der Waals surface area contributed by atoms with Gasteiger partial charge in [0.15, 0.2) is 11.7 Å². The fraction of sp³-hybridized carbons (Fsp3) is 0.304. The summed E-state index contributed by atoms with van der Waals surface area (Å²) in [5, 5.41) is 3.58. The molecule has 0 fully saturated rings. The molecule has 29 heavy (non-hydrogen) atoms. The SMILES string of the molecule is CN(CCCNC(=O)CCc1ncc(-c2ccccc2Cl)o1)Cc1ccccc1. The smallest absolute Gasteiger partial charge is 0.220 e. The van der Waals surface area contributed by atoms with Crippen molar-refractivity contribution in [2.45, 2.75) is 25.8 Å². The highest BCUT2D eigenvalue weighted by Gasteiger charge is 2.11. The van der Waals surface area contributed by atoms with Crippen LogP contribution in [-0.4, -0.2) is 35.9 Å². The van der Waals surface area contributed by atoms with Crippen molar-refractivity contribution in [3.05, 3.63) is 77.3 Å². The highest BCUT2D eigenvalue weighted by molar-refractivity contribution is 6.33. The van der Waals surface area contributed by atoms with Crippen molar-refractivity contribution in [2.75, 3.05) is 20.1 Å². The van der Waals surface area contributed by atoms with Gasteiger partial charge in [-0.2, -0.15) is 0 Å². The molecule has 0 aliphatic rings. The van der Waals surface area contributed by atoms with Crippen molar-refractivity contribution in [1.29, 1.82) is 0 Å². The summed E-state index contributed by atoms with van der Waals surface area (Å²) in [6.07, 6.45) is 3.37. The Bertz CT molecular complexity index is 911. The zero-order valence-corrected chi connectivity index (χ0v) is 17.4. The Kier molecular flexibility index (Phi) is 7.85. The van der Waals surface area contributed by atoms with Gasteiger partial charge in [0.25, 0.3) is 0 Å². The van der Waals surface area contributed by atoms with Gasteiger partial charge in [-0.05, 0) is 37.7 Å². The summed E-state index contributed by atoms with van der Waals surface area (Å²) in [5.74, 6) is 1.17. The summed E-state index contributed by atoms with van der Waals surface area (Å²) in [6.45, 7) is 2.50. The monoisotopic (exact) mass is 411 g/mol. The van der Waals surface area contributed by atoms with E-state index in [1.165, 1.54) is 5.56 Å². The van der Waals surface area contributed by atoms with Crippen LogP contribution < -0.4 is 5.32 Å². The number of aryl methyl sites for hydroxylation is 1. The van der Waals surface area contributed by atoms with Crippen molar-refractivity contribution in [1.82, 2.24) is 15.2 Å². The van der Waals surface area contributed by atoms with E-state index in [0.29, 0.717) is 36.1 Å². The Morgan fingerprint density at radius 2 is 1.90 bits per heavy atom. The lowest BCUT2D eigenvalue weighted by molar-refractivity contribution is -0.121. The van der Waals surface area contributed by atoms with Gasteiger partial charge in [0.2, 0.25) is 5.91 Å². The van der Waals surface area contributed by atoms with Crippen molar-refractivity contribution < 1.29 is 9.21 Å². The van der Waals surface area contributed by atoms with E-state index in [9.17, 15) is 4.79 Å². The molecule has 3 rings (SSSR count). The minimum absolute atomic E-state index is 0.00760. The molecule has 3 aromatic rings. The van der Waals surface area contributed by atoms with Gasteiger partial charge in [-0.15, -0.1) is 0 Å². The number of carbonyl (C=O) groups is 1. The lowest BCUT2D eigenvalue weighted by Gasteiger charge is -2.16. The van der Waals surface area contributed by atoms with Crippen molar-refractivity contribution >= 4 is 17.5 Å². The number of nitrogens with zero attached hydrogens (tertiary/aromatic N) is 2. The summed E-state index contributed by atoms with van der Waals surface area (Å²) in [6, 6.07) is 17.8. The molecular formula is C23H26ClN3O2. The second-order valence-electron chi connectivity index (χ2n) is 7.02. The molecule has 0 spiro atoms. The summed E-state index contributed by atoms with van der Waals surface area (Å²) in [5.41, 5.74) is 2.10. The minimum Gasteiger partial charge on any atom is -0.441 e. The Balaban J connectivity index is 1.34. The number of carbonyl (C=O) groups excluding carboxylic acids is 1. The lowest BCUT2D eigenvalue weighted by atomic mass is 10.2. The first-order valence-corrected chi connectivity index (χ1v) is 10.2. The maximum absolute atomic E-state index is 12.1. The first kappa shape index (κ1) is 21.1. The normalized spacial score (nSPS) is 11.0. The van der Waals surface area contributed by atoms with E-state index in [1.54, 1.807) is 6.20 Å². The predicted octanol–water partition coefficient (Wildman–Crippen LogP) is 4.57. The van der Waals surface area contributed by atoms with E-state index in [1.807, 2.05) is 30.3 Å². The van der Waals surface area contributed by atoms with Gasteiger partial charge in [0, 0.05) is 31.5 Å². The zero-order valence-electron chi connectivity index (χ0n) is 16.6. The number of amides is 1. The van der Waals surface area contributed by atoms with Crippen molar-refractivity contribution in [3.63, 3.8) is 0 Å². The van der Waals surface area contributed by atoms with Crippen LogP contribution in [0.3, 0.4) is 0 Å². The third-order valence-corrected chi connectivity index (χ3v) is 4.92. The Labute approximate surface area is 176 Å². The van der Waals surface area contributed by atoms with Gasteiger partial charge in [-0.1, -0.05) is 54.1 Å². The van der Waals surface area contributed by atoms with E-state index >= 15 is 0 Å². The number of oxazole rings is 1. The third-order valence-electron chi connectivity index (χ3n) is 4.59. The lowest BCUT2D eigenvalue weighted by Crippen LogP contribution is -2.28. The molecule has 0 unspecified atom stereocenters. The quantitative estimate of drug-likeness (QED) is 0.496. The van der Waals surface area contributed by atoms with Gasteiger partial charge in [0.05, 0.1) is 11.2 Å². The van der Waals surface area contributed by atoms with Gasteiger partial charge in [-0.3, -0.25) is 4.79 Å². The molecule has 0 atom stereocenters. The number of rotatable bonds is 10. The fourth-order valence-electron chi connectivity index (χ4n) is 3.07. The number of hydrogen-bond acceptors (Lipinski definition) is 4. The summed E-state index contributed by atoms with van der Waals surface area (Å²) in [4.78, 5) is 18.6. The molecule has 0 radical (unpaired) electrons. The van der Waals surface area contributed by atoms with E-state index in [2.05, 4.69) is 46.5 Å². The molecule has 0 saturated carbocycles. The van der Waals surface area contributed by atoms with Crippen LogP contribution in [0.1, 0.15) is 24.3 Å². The Morgan fingerprint density at radius 3 is 2.69 bits per heavy atom. The second-order valence-corrected chi connectivity index (χ2v) is 7.43.